The molecular weight excluding hydrogens is 321 g/mol. The van der Waals surface area contributed by atoms with E-state index in [-0.39, 0.29) is 5.82 Å². The van der Waals surface area contributed by atoms with Crippen LogP contribution in [-0.2, 0) is 13.0 Å². The molecule has 0 saturated carbocycles. The lowest BCUT2D eigenvalue weighted by molar-refractivity contribution is 0.607. The van der Waals surface area contributed by atoms with Gasteiger partial charge in [-0.3, -0.25) is 4.68 Å². The fraction of sp³-hybridized carbons (Fsp3) is 0.400. The maximum absolute atomic E-state index is 13.5. The highest BCUT2D eigenvalue weighted by Crippen LogP contribution is 2.22. The molecule has 2 rings (SSSR count). The summed E-state index contributed by atoms with van der Waals surface area (Å²) in [4.78, 5) is 0. The van der Waals surface area contributed by atoms with Crippen LogP contribution < -0.4 is 5.32 Å². The lowest BCUT2D eigenvalue weighted by Gasteiger charge is -2.08. The number of hydrogen-bond acceptors (Lipinski definition) is 2. The van der Waals surface area contributed by atoms with Gasteiger partial charge in [-0.25, -0.2) is 4.39 Å². The number of likely N-dealkylation sites (N-methyl/N-ethyl adjacent to an activating group) is 1. The summed E-state index contributed by atoms with van der Waals surface area (Å²) in [6.45, 7) is 5.59. The van der Waals surface area contributed by atoms with Crippen LogP contribution in [0.1, 0.15) is 22.5 Å². The van der Waals surface area contributed by atoms with Gasteiger partial charge in [-0.05, 0) is 67.0 Å². The molecule has 5 heteroatoms. The number of nitrogens with zero attached hydrogens (tertiary/aromatic N) is 2. The van der Waals surface area contributed by atoms with Crippen LogP contribution in [0.2, 0.25) is 0 Å². The molecule has 0 saturated heterocycles. The van der Waals surface area contributed by atoms with Crippen LogP contribution in [0, 0.1) is 19.7 Å². The van der Waals surface area contributed by atoms with Crippen LogP contribution in [0.15, 0.2) is 22.7 Å². The molecule has 0 unspecified atom stereocenters. The Morgan fingerprint density at radius 3 is 2.80 bits per heavy atom. The van der Waals surface area contributed by atoms with Crippen molar-refractivity contribution in [1.82, 2.24) is 15.1 Å². The molecule has 0 atom stereocenters. The minimum Gasteiger partial charge on any atom is -0.319 e. The highest BCUT2D eigenvalue weighted by molar-refractivity contribution is 9.10. The monoisotopic (exact) mass is 339 g/mol. The van der Waals surface area contributed by atoms with Gasteiger partial charge in [0, 0.05) is 5.69 Å². The molecule has 0 aliphatic rings. The van der Waals surface area contributed by atoms with E-state index < -0.39 is 0 Å². The van der Waals surface area contributed by atoms with Crippen LogP contribution in [0.5, 0.6) is 0 Å². The quantitative estimate of drug-likeness (QED) is 0.906. The van der Waals surface area contributed by atoms with E-state index in [9.17, 15) is 4.39 Å². The van der Waals surface area contributed by atoms with Crippen LogP contribution in [0.3, 0.4) is 0 Å². The summed E-state index contributed by atoms with van der Waals surface area (Å²) in [5.41, 5.74) is 4.36. The zero-order chi connectivity index (χ0) is 14.7. The summed E-state index contributed by atoms with van der Waals surface area (Å²) in [6, 6.07) is 5.09. The van der Waals surface area contributed by atoms with E-state index in [1.165, 1.54) is 11.6 Å². The van der Waals surface area contributed by atoms with E-state index in [1.54, 1.807) is 6.07 Å². The van der Waals surface area contributed by atoms with Gasteiger partial charge < -0.3 is 5.32 Å². The summed E-state index contributed by atoms with van der Waals surface area (Å²) in [5, 5.41) is 7.73. The van der Waals surface area contributed by atoms with Crippen LogP contribution in [0.4, 0.5) is 4.39 Å². The molecule has 1 N–H and O–H groups in total. The molecule has 3 nitrogen and oxygen atoms in total. The van der Waals surface area contributed by atoms with Gasteiger partial charge in [-0.2, -0.15) is 5.10 Å². The topological polar surface area (TPSA) is 29.9 Å². The molecule has 0 aliphatic carbocycles. The Balaban J connectivity index is 2.28. The zero-order valence-electron chi connectivity index (χ0n) is 12.0. The van der Waals surface area contributed by atoms with Gasteiger partial charge in [-0.1, -0.05) is 12.1 Å². The highest BCUT2D eigenvalue weighted by Gasteiger charge is 2.13. The Kier molecular flexibility index (Phi) is 4.94. The molecule has 1 aromatic carbocycles. The average Bonchev–Trinajstić information content (AvgIpc) is 2.68. The van der Waals surface area contributed by atoms with E-state index in [4.69, 9.17) is 0 Å². The van der Waals surface area contributed by atoms with Crippen molar-refractivity contribution in [3.8, 4) is 0 Å². The molecule has 0 bridgehead atoms. The third-order valence-electron chi connectivity index (χ3n) is 3.51. The molecule has 1 heterocycles. The van der Waals surface area contributed by atoms with Crippen molar-refractivity contribution in [1.29, 1.82) is 0 Å². The van der Waals surface area contributed by atoms with E-state index in [1.807, 2.05) is 24.7 Å². The minimum absolute atomic E-state index is 0.237. The normalized spacial score (nSPS) is 11.1. The predicted molar refractivity (Wildman–Crippen MR) is 82.5 cm³/mol. The van der Waals surface area contributed by atoms with Crippen molar-refractivity contribution in [2.45, 2.75) is 26.8 Å². The highest BCUT2D eigenvalue weighted by atomic mass is 79.9. The number of nitrogens with one attached hydrogen (secondary N) is 1. The Morgan fingerprint density at radius 2 is 2.10 bits per heavy atom. The number of hydrogen-bond donors (Lipinski definition) is 1. The lowest BCUT2D eigenvalue weighted by Crippen LogP contribution is -2.11. The third-order valence-corrected chi connectivity index (χ3v) is 4.40. The van der Waals surface area contributed by atoms with Gasteiger partial charge in [0.25, 0.3) is 0 Å². The first-order valence-electron chi connectivity index (χ1n) is 6.65. The largest absolute Gasteiger partial charge is 0.319 e. The van der Waals surface area contributed by atoms with Gasteiger partial charge in [0.15, 0.2) is 0 Å². The Morgan fingerprint density at radius 1 is 1.35 bits per heavy atom. The Labute approximate surface area is 127 Å². The maximum atomic E-state index is 13.5. The number of aromatic nitrogens is 2. The fourth-order valence-corrected chi connectivity index (χ4v) is 2.72. The van der Waals surface area contributed by atoms with E-state index in [0.717, 1.165) is 29.9 Å². The first kappa shape index (κ1) is 15.2. The van der Waals surface area contributed by atoms with Gasteiger partial charge in [0.1, 0.15) is 5.82 Å². The maximum Gasteiger partial charge on any atom is 0.137 e. The van der Waals surface area contributed by atoms with Crippen molar-refractivity contribution < 1.29 is 4.39 Å². The van der Waals surface area contributed by atoms with Gasteiger partial charge in [0.05, 0.1) is 16.7 Å². The van der Waals surface area contributed by atoms with Crippen molar-refractivity contribution in [2.24, 2.45) is 0 Å². The zero-order valence-corrected chi connectivity index (χ0v) is 13.6. The van der Waals surface area contributed by atoms with Gasteiger partial charge in [-0.15, -0.1) is 0 Å². The predicted octanol–water partition coefficient (Wildman–Crippen LogP) is 3.21. The molecule has 2 aromatic rings. The summed E-state index contributed by atoms with van der Waals surface area (Å²) >= 11 is 3.30. The number of benzene rings is 1. The molecule has 0 aliphatic heterocycles. The molecular formula is C15H19BrFN3. The molecule has 0 spiro atoms. The van der Waals surface area contributed by atoms with Crippen LogP contribution in [0.25, 0.3) is 0 Å². The van der Waals surface area contributed by atoms with Crippen LogP contribution in [-0.4, -0.2) is 23.4 Å². The molecule has 0 amide bonds. The molecule has 20 heavy (non-hydrogen) atoms. The molecule has 0 fully saturated rings. The van der Waals surface area contributed by atoms with Gasteiger partial charge in [0.2, 0.25) is 0 Å². The molecule has 108 valence electrons. The van der Waals surface area contributed by atoms with E-state index >= 15 is 0 Å². The summed E-state index contributed by atoms with van der Waals surface area (Å²) in [5.74, 6) is -0.237. The molecule has 0 radical (unpaired) electrons. The van der Waals surface area contributed by atoms with E-state index in [0.29, 0.717) is 11.0 Å². The van der Waals surface area contributed by atoms with Crippen molar-refractivity contribution in [3.05, 3.63) is 51.0 Å². The standard InChI is InChI=1S/C15H19BrFN3/c1-10-13(7-8-18-3)11(2)20(19-10)9-12-5-4-6-14(17)15(12)16/h4-6,18H,7-9H2,1-3H3. The van der Waals surface area contributed by atoms with Crippen LogP contribution >= 0.6 is 15.9 Å². The SMILES string of the molecule is CNCCc1c(C)nn(Cc2cccc(F)c2Br)c1C. The Bertz CT molecular complexity index is 607. The first-order chi connectivity index (χ1) is 9.54. The lowest BCUT2D eigenvalue weighted by atomic mass is 10.1. The van der Waals surface area contributed by atoms with Crippen molar-refractivity contribution in [2.75, 3.05) is 13.6 Å². The minimum atomic E-state index is -0.237. The smallest absolute Gasteiger partial charge is 0.137 e. The second kappa shape index (κ2) is 6.50. The second-order valence-corrected chi connectivity index (χ2v) is 5.67. The van der Waals surface area contributed by atoms with Crippen molar-refractivity contribution >= 4 is 15.9 Å². The first-order valence-corrected chi connectivity index (χ1v) is 7.44. The number of halogens is 2. The third kappa shape index (κ3) is 3.10. The molecule has 1 aromatic heterocycles. The van der Waals surface area contributed by atoms with Crippen molar-refractivity contribution in [3.63, 3.8) is 0 Å². The number of aryl methyl sites for hydroxylation is 1. The number of rotatable bonds is 5. The van der Waals surface area contributed by atoms with E-state index in [2.05, 4.69) is 33.3 Å². The summed E-state index contributed by atoms with van der Waals surface area (Å²) in [7, 11) is 1.94. The average molecular weight is 340 g/mol. The fourth-order valence-electron chi connectivity index (χ4n) is 2.33. The summed E-state index contributed by atoms with van der Waals surface area (Å²) < 4.78 is 16.0. The summed E-state index contributed by atoms with van der Waals surface area (Å²) in [6.07, 6.45) is 0.957. The second-order valence-electron chi connectivity index (χ2n) is 4.87. The Hall–Kier alpha value is -1.20. The van der Waals surface area contributed by atoms with Gasteiger partial charge >= 0.3 is 0 Å².